The Hall–Kier alpha value is -5.89. The number of nitrogens with zero attached hydrogens (tertiary/aromatic N) is 6. The fourth-order valence-corrected chi connectivity index (χ4v) is 10.3. The molecule has 0 radical (unpaired) electrons. The van der Waals surface area contributed by atoms with Gasteiger partial charge in [0.1, 0.15) is 11.9 Å². The average Bonchev–Trinajstić information content (AvgIpc) is 4.21. The number of nitrogens with one attached hydrogen (secondary N) is 4. The number of piperidine rings is 3. The normalized spacial score (nSPS) is 19.1. The summed E-state index contributed by atoms with van der Waals surface area (Å²) in [5.41, 5.74) is 1.54. The van der Waals surface area contributed by atoms with E-state index >= 15 is 0 Å². The predicted octanol–water partition coefficient (Wildman–Crippen LogP) is 4.11. The molecule has 2 aromatic carbocycles. The lowest BCUT2D eigenvalue weighted by Crippen LogP contribution is -2.54. The van der Waals surface area contributed by atoms with E-state index in [2.05, 4.69) is 31.1 Å². The van der Waals surface area contributed by atoms with Gasteiger partial charge in [-0.25, -0.2) is 13.8 Å². The molecule has 1 atom stereocenters. The van der Waals surface area contributed by atoms with Crippen LogP contribution in [0.15, 0.2) is 30.3 Å². The van der Waals surface area contributed by atoms with Crippen LogP contribution in [0.3, 0.4) is 0 Å². The molecular formula is C55H78F2N10O12. The number of imide groups is 2. The maximum Gasteiger partial charge on any atom is 0.264 e. The molecule has 5 aliphatic heterocycles. The molecule has 1 aromatic heterocycles. The second-order valence-electron chi connectivity index (χ2n) is 20.4. The fourth-order valence-electron chi connectivity index (χ4n) is 10.3. The molecule has 79 heavy (non-hydrogen) atoms. The largest absolute Gasteiger partial charge is 0.493 e. The third-order valence-corrected chi connectivity index (χ3v) is 14.7. The van der Waals surface area contributed by atoms with Crippen molar-refractivity contribution in [1.29, 1.82) is 0 Å². The number of halogens is 2. The average molecular weight is 1110 g/mol. The topological polar surface area (TPSA) is 237 Å². The zero-order chi connectivity index (χ0) is 55.4. The van der Waals surface area contributed by atoms with Crippen LogP contribution < -0.4 is 35.6 Å². The Bertz CT molecular complexity index is 2510. The zero-order valence-electron chi connectivity index (χ0n) is 45.5. The number of ether oxygens (including phenoxy) is 7. The van der Waals surface area contributed by atoms with Crippen LogP contribution in [0.4, 0.5) is 26.2 Å². The number of anilines is 3. The predicted molar refractivity (Wildman–Crippen MR) is 289 cm³/mol. The van der Waals surface area contributed by atoms with Gasteiger partial charge in [0.2, 0.25) is 23.7 Å². The summed E-state index contributed by atoms with van der Waals surface area (Å²) in [6.07, 6.45) is 5.93. The molecule has 6 heterocycles. The number of amides is 5. The number of hydrogen-bond acceptors (Lipinski definition) is 19. The molecule has 1 unspecified atom stereocenters. The van der Waals surface area contributed by atoms with Crippen LogP contribution in [-0.4, -0.2) is 217 Å². The molecule has 0 aliphatic carbocycles. The SMILES string of the molecule is COc1cc2c(NC3CCN(CCCNC(=O)CCOCCOCCOCCOCCOCCNc4cccc5c4C(=O)N(C4CCC(=O)NC4=O)C5=O)CC3)nc(N3CCC(F)(F)CC3)nc2cc1OCCCN1CCCC1. The first-order chi connectivity index (χ1) is 38.5. The summed E-state index contributed by atoms with van der Waals surface area (Å²) < 4.78 is 68.2. The van der Waals surface area contributed by atoms with Gasteiger partial charge in [-0.05, 0) is 82.8 Å². The number of methoxy groups -OCH3 is 1. The first-order valence-corrected chi connectivity index (χ1v) is 28.1. The number of alkyl halides is 2. The molecule has 22 nitrogen and oxygen atoms in total. The monoisotopic (exact) mass is 1110 g/mol. The third-order valence-electron chi connectivity index (χ3n) is 14.7. The number of rotatable bonds is 33. The minimum absolute atomic E-state index is 0.0535. The van der Waals surface area contributed by atoms with Crippen molar-refractivity contribution in [3.8, 4) is 11.5 Å². The van der Waals surface area contributed by atoms with Crippen LogP contribution >= 0.6 is 0 Å². The van der Waals surface area contributed by atoms with Crippen LogP contribution in [0.5, 0.6) is 11.5 Å². The fraction of sp³-hybridized carbons (Fsp3) is 0.655. The molecule has 4 saturated heterocycles. The van der Waals surface area contributed by atoms with Crippen LogP contribution in [0.1, 0.15) is 91.3 Å². The van der Waals surface area contributed by atoms with E-state index in [0.29, 0.717) is 120 Å². The molecule has 24 heteroatoms. The number of carbonyl (C=O) groups excluding carboxylic acids is 5. The zero-order valence-corrected chi connectivity index (χ0v) is 45.5. The maximum absolute atomic E-state index is 14.1. The van der Waals surface area contributed by atoms with Crippen molar-refractivity contribution in [3.63, 3.8) is 0 Å². The molecule has 0 bridgehead atoms. The van der Waals surface area contributed by atoms with Gasteiger partial charge in [0, 0.05) is 94.7 Å². The number of carbonyl (C=O) groups is 5. The van der Waals surface area contributed by atoms with Gasteiger partial charge >= 0.3 is 0 Å². The van der Waals surface area contributed by atoms with Crippen LogP contribution in [0.25, 0.3) is 10.9 Å². The highest BCUT2D eigenvalue weighted by atomic mass is 19.3. The number of hydrogen-bond donors (Lipinski definition) is 4. The van der Waals surface area contributed by atoms with Gasteiger partial charge < -0.3 is 63.8 Å². The van der Waals surface area contributed by atoms with E-state index in [1.165, 1.54) is 12.8 Å². The first-order valence-electron chi connectivity index (χ1n) is 28.1. The van der Waals surface area contributed by atoms with Crippen molar-refractivity contribution in [1.82, 2.24) is 35.3 Å². The number of benzene rings is 2. The van der Waals surface area contributed by atoms with E-state index in [9.17, 15) is 32.8 Å². The van der Waals surface area contributed by atoms with Crippen molar-refractivity contribution >= 4 is 57.9 Å². The molecule has 3 aromatic rings. The van der Waals surface area contributed by atoms with Crippen molar-refractivity contribution in [2.24, 2.45) is 0 Å². The molecule has 434 valence electrons. The standard InChI is InChI=1S/C55H78F2N10O12/c1-73-45-37-41-43(38-46(45)79-26-6-21-64-18-2-3-19-64)61-54(66-24-14-55(56,57)15-25-66)63-50(41)60-39-11-22-65(23-12-39)20-5-16-59-47(68)13-27-74-29-31-76-33-35-78-36-34-77-32-30-75-28-17-58-42-8-4-7-40-49(42)53(72)67(52(40)71)44-9-10-48(69)62-51(44)70/h4,7-8,37-39,44,58H,2-3,5-6,9-36H2,1H3,(H,59,68)(H,60,61,63)(H,62,69,70). The summed E-state index contributed by atoms with van der Waals surface area (Å²) in [5, 5.41) is 12.8. The lowest BCUT2D eigenvalue weighted by molar-refractivity contribution is -0.136. The highest BCUT2D eigenvalue weighted by Gasteiger charge is 2.45. The second-order valence-corrected chi connectivity index (χ2v) is 20.4. The summed E-state index contributed by atoms with van der Waals surface area (Å²) >= 11 is 0. The molecule has 4 fully saturated rings. The van der Waals surface area contributed by atoms with E-state index < -0.39 is 35.6 Å². The van der Waals surface area contributed by atoms with Gasteiger partial charge in [-0.15, -0.1) is 0 Å². The van der Waals surface area contributed by atoms with Crippen LogP contribution in [-0.2, 0) is 38.1 Å². The lowest BCUT2D eigenvalue weighted by Gasteiger charge is -2.34. The quantitative estimate of drug-likeness (QED) is 0.0496. The molecule has 0 spiro atoms. The third kappa shape index (κ3) is 17.3. The van der Waals surface area contributed by atoms with Gasteiger partial charge in [0.25, 0.3) is 17.7 Å². The van der Waals surface area contributed by atoms with Crippen LogP contribution in [0, 0.1) is 0 Å². The summed E-state index contributed by atoms with van der Waals surface area (Å²) in [4.78, 5) is 80.1. The highest BCUT2D eigenvalue weighted by Crippen LogP contribution is 2.38. The minimum atomic E-state index is -2.69. The number of likely N-dealkylation sites (tertiary alicyclic amines) is 2. The molecule has 0 saturated carbocycles. The lowest BCUT2D eigenvalue weighted by atomic mass is 10.0. The van der Waals surface area contributed by atoms with Crippen LogP contribution in [0.2, 0.25) is 0 Å². The summed E-state index contributed by atoms with van der Waals surface area (Å²) in [5.74, 6) is -2.67. The molecule has 5 amide bonds. The number of fused-ring (bicyclic) bond motifs is 2. The Balaban J connectivity index is 0.617. The summed E-state index contributed by atoms with van der Waals surface area (Å²) in [6.45, 7) is 11.4. The van der Waals surface area contributed by atoms with Crippen molar-refractivity contribution in [2.45, 2.75) is 88.6 Å². The van der Waals surface area contributed by atoms with Crippen molar-refractivity contribution in [3.05, 3.63) is 41.5 Å². The highest BCUT2D eigenvalue weighted by molar-refractivity contribution is 6.25. The summed E-state index contributed by atoms with van der Waals surface area (Å²) in [6, 6.07) is 7.82. The van der Waals surface area contributed by atoms with Gasteiger partial charge in [-0.2, -0.15) is 4.98 Å². The summed E-state index contributed by atoms with van der Waals surface area (Å²) in [7, 11) is 1.62. The Morgan fingerprint density at radius 1 is 0.734 bits per heavy atom. The van der Waals surface area contributed by atoms with E-state index in [1.54, 1.807) is 25.3 Å². The molecular weight excluding hydrogens is 1030 g/mol. The van der Waals surface area contributed by atoms with Crippen molar-refractivity contribution in [2.75, 3.05) is 161 Å². The van der Waals surface area contributed by atoms with Gasteiger partial charge in [-0.1, -0.05) is 6.07 Å². The van der Waals surface area contributed by atoms with E-state index in [-0.39, 0.29) is 68.3 Å². The first kappa shape index (κ1) is 59.2. The second kappa shape index (κ2) is 30.1. The Labute approximate surface area is 460 Å². The maximum atomic E-state index is 14.1. The molecule has 8 rings (SSSR count). The molecule has 4 N–H and O–H groups in total. The Morgan fingerprint density at radius 3 is 2.08 bits per heavy atom. The number of aromatic nitrogens is 2. The van der Waals surface area contributed by atoms with Gasteiger partial charge in [0.15, 0.2) is 11.5 Å². The van der Waals surface area contributed by atoms with E-state index in [0.717, 1.165) is 75.2 Å². The van der Waals surface area contributed by atoms with Crippen molar-refractivity contribution < 1.29 is 65.9 Å². The molecule has 5 aliphatic rings. The van der Waals surface area contributed by atoms with E-state index in [1.807, 2.05) is 17.0 Å². The smallest absolute Gasteiger partial charge is 0.264 e. The Morgan fingerprint density at radius 2 is 1.39 bits per heavy atom. The minimum Gasteiger partial charge on any atom is -0.493 e. The van der Waals surface area contributed by atoms with E-state index in [4.69, 9.17) is 43.1 Å². The van der Waals surface area contributed by atoms with Gasteiger partial charge in [-0.3, -0.25) is 34.2 Å². The Kier molecular flexibility index (Phi) is 22.6. The van der Waals surface area contributed by atoms with Gasteiger partial charge in [0.05, 0.1) is 96.4 Å².